The summed E-state index contributed by atoms with van der Waals surface area (Å²) in [4.78, 5) is 50.7. The van der Waals surface area contributed by atoms with Crippen LogP contribution in [0.5, 0.6) is 0 Å². The highest BCUT2D eigenvalue weighted by atomic mass is 16.4. The van der Waals surface area contributed by atoms with Crippen LogP contribution in [0.15, 0.2) is 0 Å². The molecule has 16 heteroatoms. The molecular weight excluding hydrogens is 522 g/mol. The van der Waals surface area contributed by atoms with Gasteiger partial charge in [0.2, 0.25) is 17.7 Å². The van der Waals surface area contributed by atoms with E-state index in [1.807, 2.05) is 13.8 Å². The lowest BCUT2D eigenvalue weighted by Gasteiger charge is -2.26. The van der Waals surface area contributed by atoms with E-state index < -0.39 is 47.9 Å². The molecule has 0 heterocycles. The van der Waals surface area contributed by atoms with Gasteiger partial charge in [0, 0.05) is 13.1 Å². The first-order valence-electron chi connectivity index (χ1n) is 13.5. The molecule has 0 aliphatic rings. The Morgan fingerprint density at radius 1 is 0.725 bits per heavy atom. The van der Waals surface area contributed by atoms with Crippen LogP contribution in [-0.2, 0) is 19.2 Å². The molecule has 0 aromatic rings. The quantitative estimate of drug-likeness (QED) is 0.0390. The maximum atomic E-state index is 13.2. The molecule has 0 aliphatic heterocycles. The summed E-state index contributed by atoms with van der Waals surface area (Å²) in [5.41, 5.74) is 22.0. The third kappa shape index (κ3) is 17.0. The summed E-state index contributed by atoms with van der Waals surface area (Å²) in [7, 11) is 0. The molecule has 0 aromatic carbocycles. The Morgan fingerprint density at radius 3 is 1.70 bits per heavy atom. The predicted octanol–water partition coefficient (Wildman–Crippen LogP) is -2.45. The Morgan fingerprint density at radius 2 is 1.20 bits per heavy atom. The third-order valence-electron chi connectivity index (χ3n) is 5.86. The average Bonchev–Trinajstić information content (AvgIpc) is 2.86. The van der Waals surface area contributed by atoms with Crippen molar-refractivity contribution in [2.75, 3.05) is 19.6 Å². The van der Waals surface area contributed by atoms with Gasteiger partial charge in [0.05, 0.1) is 6.04 Å². The van der Waals surface area contributed by atoms with Crippen LogP contribution in [0, 0.1) is 16.7 Å². The van der Waals surface area contributed by atoms with Crippen molar-refractivity contribution in [3.8, 4) is 0 Å². The Kier molecular flexibility index (Phi) is 18.4. The Bertz CT molecular complexity index is 840. The van der Waals surface area contributed by atoms with Crippen molar-refractivity contribution in [3.63, 3.8) is 0 Å². The fourth-order valence-corrected chi connectivity index (χ4v) is 3.75. The number of aliphatic carboxylic acids is 1. The third-order valence-corrected chi connectivity index (χ3v) is 5.86. The van der Waals surface area contributed by atoms with Crippen molar-refractivity contribution < 1.29 is 24.3 Å². The number of hydrogen-bond acceptors (Lipinski definition) is 8. The van der Waals surface area contributed by atoms with Crippen LogP contribution in [0.3, 0.4) is 0 Å². The van der Waals surface area contributed by atoms with Gasteiger partial charge in [0.1, 0.15) is 18.1 Å². The van der Waals surface area contributed by atoms with E-state index in [4.69, 9.17) is 33.8 Å². The highest BCUT2D eigenvalue weighted by molar-refractivity contribution is 5.94. The largest absolute Gasteiger partial charge is 0.480 e. The number of carbonyl (C=O) groups excluding carboxylic acids is 3. The Labute approximate surface area is 235 Å². The van der Waals surface area contributed by atoms with Gasteiger partial charge in [-0.25, -0.2) is 4.79 Å². The van der Waals surface area contributed by atoms with Crippen molar-refractivity contribution in [1.82, 2.24) is 26.6 Å². The number of nitrogens with two attached hydrogens (primary N) is 4. The molecule has 0 saturated heterocycles. The van der Waals surface area contributed by atoms with E-state index >= 15 is 0 Å². The molecule has 16 N–H and O–H groups in total. The minimum Gasteiger partial charge on any atom is -0.480 e. The number of carboxylic acid groups (broad SMARTS) is 1. The number of unbranched alkanes of at least 4 members (excludes halogenated alkanes) is 1. The van der Waals surface area contributed by atoms with Gasteiger partial charge >= 0.3 is 5.97 Å². The van der Waals surface area contributed by atoms with Gasteiger partial charge in [0.25, 0.3) is 0 Å². The van der Waals surface area contributed by atoms with Gasteiger partial charge in [-0.3, -0.25) is 25.2 Å². The van der Waals surface area contributed by atoms with Gasteiger partial charge in [-0.05, 0) is 63.8 Å². The summed E-state index contributed by atoms with van der Waals surface area (Å²) in [6.45, 7) is 4.75. The standard InChI is InChI=1S/C24H49N11O5/c1-14(2)13-18(21(38)34-17(22(39)40)9-6-12-32-24(29)30)35-20(37)16(8-3-4-10-25)33-19(36)15(26)7-5-11-31-23(27)28/h14-18H,3-13,25-26H2,1-2H3,(H,33,36)(H,34,38)(H,35,37)(H,39,40)(H4,27,28,31)(H4,29,30,32)/t15-,16-,17-,18-/m0/s1. The fraction of sp³-hybridized carbons (Fsp3) is 0.750. The lowest BCUT2D eigenvalue weighted by molar-refractivity contribution is -0.142. The second kappa shape index (κ2) is 20.3. The number of carboxylic acids is 1. The fourth-order valence-electron chi connectivity index (χ4n) is 3.75. The van der Waals surface area contributed by atoms with Crippen molar-refractivity contribution in [2.24, 2.45) is 28.9 Å². The molecule has 0 unspecified atom stereocenters. The van der Waals surface area contributed by atoms with Crippen molar-refractivity contribution in [3.05, 3.63) is 0 Å². The zero-order valence-corrected chi connectivity index (χ0v) is 23.6. The Hall–Kier alpha value is -3.66. The molecule has 3 amide bonds. The molecule has 0 bridgehead atoms. The summed E-state index contributed by atoms with van der Waals surface area (Å²) in [6.07, 6.45) is 2.86. The van der Waals surface area contributed by atoms with Crippen molar-refractivity contribution in [2.45, 2.75) is 89.4 Å². The molecule has 40 heavy (non-hydrogen) atoms. The minimum absolute atomic E-state index is 0.0126. The van der Waals surface area contributed by atoms with Crippen LogP contribution >= 0.6 is 0 Å². The second-order valence-electron chi connectivity index (χ2n) is 10.0. The molecule has 0 aliphatic carbocycles. The van der Waals surface area contributed by atoms with Crippen LogP contribution < -0.4 is 49.5 Å². The molecule has 0 rings (SSSR count). The first-order chi connectivity index (χ1) is 18.8. The van der Waals surface area contributed by atoms with E-state index in [1.54, 1.807) is 0 Å². The smallest absolute Gasteiger partial charge is 0.326 e. The molecule has 230 valence electrons. The molecule has 0 aromatic heterocycles. The number of amides is 3. The zero-order chi connectivity index (χ0) is 30.7. The number of guanidine groups is 2. The lowest BCUT2D eigenvalue weighted by Crippen LogP contribution is -2.57. The monoisotopic (exact) mass is 571 g/mol. The molecule has 4 atom stereocenters. The SMILES string of the molecule is CC(C)C[C@H](NC(=O)[C@H](CCCCN)NC(=O)[C@@H](N)CCCNC(=N)N)C(=O)N[C@@H](CCCNC(=N)N)C(=O)O. The van der Waals surface area contributed by atoms with Gasteiger partial charge in [-0.15, -0.1) is 0 Å². The predicted molar refractivity (Wildman–Crippen MR) is 152 cm³/mol. The van der Waals surface area contributed by atoms with E-state index in [0.29, 0.717) is 45.2 Å². The lowest BCUT2D eigenvalue weighted by atomic mass is 10.0. The first-order valence-corrected chi connectivity index (χ1v) is 13.5. The van der Waals surface area contributed by atoms with E-state index in [2.05, 4.69) is 26.6 Å². The van der Waals surface area contributed by atoms with Gasteiger partial charge < -0.3 is 54.6 Å². The molecular formula is C24H49N11O5. The van der Waals surface area contributed by atoms with Gasteiger partial charge in [-0.1, -0.05) is 13.8 Å². The van der Waals surface area contributed by atoms with Crippen LogP contribution in [0.1, 0.15) is 65.2 Å². The Balaban J connectivity index is 5.39. The highest BCUT2D eigenvalue weighted by Gasteiger charge is 2.30. The first kappa shape index (κ1) is 36.3. The number of rotatable bonds is 21. The molecule has 0 radical (unpaired) electrons. The van der Waals surface area contributed by atoms with E-state index in [1.165, 1.54) is 0 Å². The zero-order valence-electron chi connectivity index (χ0n) is 23.6. The molecule has 16 nitrogen and oxygen atoms in total. The van der Waals surface area contributed by atoms with Crippen molar-refractivity contribution >= 4 is 35.6 Å². The second-order valence-corrected chi connectivity index (χ2v) is 10.0. The van der Waals surface area contributed by atoms with Gasteiger partial charge in [-0.2, -0.15) is 0 Å². The van der Waals surface area contributed by atoms with E-state index in [0.717, 1.165) is 0 Å². The normalized spacial score (nSPS) is 13.8. The maximum absolute atomic E-state index is 13.2. The van der Waals surface area contributed by atoms with E-state index in [-0.39, 0.29) is 43.6 Å². The summed E-state index contributed by atoms with van der Waals surface area (Å²) in [5.74, 6) is -3.45. The number of hydrogen-bond donors (Lipinski definition) is 12. The molecule has 0 fully saturated rings. The van der Waals surface area contributed by atoms with E-state index in [9.17, 15) is 24.3 Å². The summed E-state index contributed by atoms with van der Waals surface area (Å²) >= 11 is 0. The van der Waals surface area contributed by atoms with Crippen LogP contribution in [0.4, 0.5) is 0 Å². The summed E-state index contributed by atoms with van der Waals surface area (Å²) in [6, 6.07) is -4.12. The van der Waals surface area contributed by atoms with Crippen LogP contribution in [0.25, 0.3) is 0 Å². The average molecular weight is 572 g/mol. The number of nitrogens with one attached hydrogen (secondary N) is 7. The summed E-state index contributed by atoms with van der Waals surface area (Å²) < 4.78 is 0. The van der Waals surface area contributed by atoms with Crippen LogP contribution in [0.2, 0.25) is 0 Å². The number of carbonyl (C=O) groups is 4. The topological polar surface area (TPSA) is 300 Å². The van der Waals surface area contributed by atoms with Crippen molar-refractivity contribution in [1.29, 1.82) is 10.8 Å². The highest BCUT2D eigenvalue weighted by Crippen LogP contribution is 2.09. The summed E-state index contributed by atoms with van der Waals surface area (Å²) in [5, 5.41) is 36.9. The maximum Gasteiger partial charge on any atom is 0.326 e. The minimum atomic E-state index is -1.23. The molecule has 0 spiro atoms. The van der Waals surface area contributed by atoms with Gasteiger partial charge in [0.15, 0.2) is 11.9 Å². The molecule has 0 saturated carbocycles. The van der Waals surface area contributed by atoms with Crippen LogP contribution in [-0.4, -0.2) is 84.5 Å².